The molecular formula is C14H27NO3. The average Bonchev–Trinajstić information content (AvgIpc) is 2.34. The standard InChI is InChI=1S/C14H27NO3/c1-4-6-7-12(5-2)8-17-13(16)9-18-14(3)10-15-11-14/h12,15H,4-11H2,1-3H3. The predicted molar refractivity (Wildman–Crippen MR) is 71.5 cm³/mol. The number of nitrogens with one attached hydrogen (secondary N) is 1. The first kappa shape index (κ1) is 15.4. The van der Waals surface area contributed by atoms with Gasteiger partial charge in [0.25, 0.3) is 0 Å². The van der Waals surface area contributed by atoms with Crippen molar-refractivity contribution < 1.29 is 14.3 Å². The number of ether oxygens (including phenoxy) is 2. The monoisotopic (exact) mass is 257 g/mol. The van der Waals surface area contributed by atoms with E-state index in [9.17, 15) is 4.79 Å². The summed E-state index contributed by atoms with van der Waals surface area (Å²) in [5, 5.41) is 3.13. The minimum absolute atomic E-state index is 0.0718. The SMILES string of the molecule is CCCCC(CC)COC(=O)COC1(C)CNC1. The van der Waals surface area contributed by atoms with Crippen molar-refractivity contribution in [3.8, 4) is 0 Å². The van der Waals surface area contributed by atoms with Gasteiger partial charge in [0.05, 0.1) is 12.2 Å². The Labute approximate surface area is 110 Å². The molecular weight excluding hydrogens is 230 g/mol. The Kier molecular flexibility index (Phi) is 6.65. The molecule has 1 aliphatic heterocycles. The normalized spacial score (nSPS) is 19.1. The van der Waals surface area contributed by atoms with Crippen LogP contribution < -0.4 is 5.32 Å². The van der Waals surface area contributed by atoms with E-state index in [0.29, 0.717) is 12.5 Å². The third-order valence-corrected chi connectivity index (χ3v) is 3.56. The molecule has 1 rings (SSSR count). The molecule has 0 spiro atoms. The fraction of sp³-hybridized carbons (Fsp3) is 0.929. The predicted octanol–water partition coefficient (Wildman–Crippen LogP) is 2.12. The summed E-state index contributed by atoms with van der Waals surface area (Å²) in [7, 11) is 0. The fourth-order valence-corrected chi connectivity index (χ4v) is 1.96. The second-order valence-electron chi connectivity index (χ2n) is 5.44. The Hall–Kier alpha value is -0.610. The number of unbranched alkanes of at least 4 members (excludes halogenated alkanes) is 1. The summed E-state index contributed by atoms with van der Waals surface area (Å²) in [5.41, 5.74) is -0.175. The maximum Gasteiger partial charge on any atom is 0.332 e. The molecule has 0 saturated carbocycles. The molecule has 0 radical (unpaired) electrons. The summed E-state index contributed by atoms with van der Waals surface area (Å²) in [5.74, 6) is 0.257. The summed E-state index contributed by atoms with van der Waals surface area (Å²) < 4.78 is 10.8. The van der Waals surface area contributed by atoms with Gasteiger partial charge >= 0.3 is 5.97 Å². The highest BCUT2D eigenvalue weighted by Gasteiger charge is 2.33. The third kappa shape index (κ3) is 5.36. The number of hydrogen-bond donors (Lipinski definition) is 1. The molecule has 0 aromatic heterocycles. The van der Waals surface area contributed by atoms with Crippen LogP contribution in [-0.2, 0) is 14.3 Å². The van der Waals surface area contributed by atoms with Crippen LogP contribution in [0.4, 0.5) is 0 Å². The molecule has 1 fully saturated rings. The van der Waals surface area contributed by atoms with E-state index in [-0.39, 0.29) is 18.2 Å². The lowest BCUT2D eigenvalue weighted by Gasteiger charge is -2.38. The summed E-state index contributed by atoms with van der Waals surface area (Å²) in [6, 6.07) is 0. The highest BCUT2D eigenvalue weighted by atomic mass is 16.6. The Morgan fingerprint density at radius 3 is 2.61 bits per heavy atom. The lowest BCUT2D eigenvalue weighted by Crippen LogP contribution is -2.59. The third-order valence-electron chi connectivity index (χ3n) is 3.56. The van der Waals surface area contributed by atoms with Crippen molar-refractivity contribution >= 4 is 5.97 Å². The summed E-state index contributed by atoms with van der Waals surface area (Å²) in [6.07, 6.45) is 4.60. The van der Waals surface area contributed by atoms with E-state index in [1.165, 1.54) is 12.8 Å². The Balaban J connectivity index is 2.11. The molecule has 1 aliphatic rings. The van der Waals surface area contributed by atoms with Gasteiger partial charge in [0.15, 0.2) is 0 Å². The molecule has 4 nitrogen and oxygen atoms in total. The Bertz CT molecular complexity index is 251. The first-order valence-corrected chi connectivity index (χ1v) is 7.10. The van der Waals surface area contributed by atoms with Gasteiger partial charge in [-0.3, -0.25) is 0 Å². The largest absolute Gasteiger partial charge is 0.464 e. The molecule has 1 N–H and O–H groups in total. The van der Waals surface area contributed by atoms with Gasteiger partial charge in [-0.15, -0.1) is 0 Å². The Morgan fingerprint density at radius 2 is 2.11 bits per heavy atom. The zero-order chi connectivity index (χ0) is 13.4. The van der Waals surface area contributed by atoms with Gasteiger partial charge < -0.3 is 14.8 Å². The van der Waals surface area contributed by atoms with E-state index in [1.54, 1.807) is 0 Å². The summed E-state index contributed by atoms with van der Waals surface area (Å²) in [6.45, 7) is 8.57. The molecule has 18 heavy (non-hydrogen) atoms. The maximum atomic E-state index is 11.6. The molecule has 0 aliphatic carbocycles. The summed E-state index contributed by atoms with van der Waals surface area (Å²) in [4.78, 5) is 11.6. The molecule has 0 aromatic carbocycles. The number of hydrogen-bond acceptors (Lipinski definition) is 4. The van der Waals surface area contributed by atoms with Gasteiger partial charge in [-0.2, -0.15) is 0 Å². The van der Waals surface area contributed by atoms with Crippen LogP contribution in [-0.4, -0.2) is 37.9 Å². The maximum absolute atomic E-state index is 11.6. The van der Waals surface area contributed by atoms with Crippen LogP contribution in [0.1, 0.15) is 46.5 Å². The van der Waals surface area contributed by atoms with Crippen molar-refractivity contribution in [3.63, 3.8) is 0 Å². The Morgan fingerprint density at radius 1 is 1.39 bits per heavy atom. The van der Waals surface area contributed by atoms with Crippen LogP contribution in [0.2, 0.25) is 0 Å². The van der Waals surface area contributed by atoms with Crippen molar-refractivity contribution in [1.82, 2.24) is 5.32 Å². The van der Waals surface area contributed by atoms with Gasteiger partial charge in [-0.1, -0.05) is 33.1 Å². The molecule has 1 unspecified atom stereocenters. The van der Waals surface area contributed by atoms with Crippen LogP contribution in [0.15, 0.2) is 0 Å². The molecule has 4 heteroatoms. The van der Waals surface area contributed by atoms with Crippen LogP contribution in [0.5, 0.6) is 0 Å². The van der Waals surface area contributed by atoms with E-state index >= 15 is 0 Å². The first-order chi connectivity index (χ1) is 8.59. The molecule has 0 amide bonds. The summed E-state index contributed by atoms with van der Waals surface area (Å²) >= 11 is 0. The van der Waals surface area contributed by atoms with Crippen molar-refractivity contribution in [2.75, 3.05) is 26.3 Å². The van der Waals surface area contributed by atoms with Crippen molar-refractivity contribution in [2.24, 2.45) is 5.92 Å². The van der Waals surface area contributed by atoms with E-state index in [2.05, 4.69) is 19.2 Å². The number of carbonyl (C=O) groups excluding carboxylic acids is 1. The van der Waals surface area contributed by atoms with Gasteiger partial charge in [0.2, 0.25) is 0 Å². The van der Waals surface area contributed by atoms with Crippen LogP contribution in [0.25, 0.3) is 0 Å². The second kappa shape index (κ2) is 7.74. The van der Waals surface area contributed by atoms with Crippen molar-refractivity contribution in [3.05, 3.63) is 0 Å². The number of esters is 1. The second-order valence-corrected chi connectivity index (χ2v) is 5.44. The minimum atomic E-state index is -0.238. The molecule has 1 saturated heterocycles. The van der Waals surface area contributed by atoms with Gasteiger partial charge in [-0.05, 0) is 19.3 Å². The fourth-order valence-electron chi connectivity index (χ4n) is 1.96. The topological polar surface area (TPSA) is 47.6 Å². The van der Waals surface area contributed by atoms with E-state index in [1.807, 2.05) is 6.92 Å². The lowest BCUT2D eigenvalue weighted by molar-refractivity contribution is -0.159. The molecule has 0 bridgehead atoms. The van der Waals surface area contributed by atoms with Gasteiger partial charge in [0.1, 0.15) is 6.61 Å². The lowest BCUT2D eigenvalue weighted by atomic mass is 10.0. The first-order valence-electron chi connectivity index (χ1n) is 7.10. The van der Waals surface area contributed by atoms with Crippen molar-refractivity contribution in [1.29, 1.82) is 0 Å². The van der Waals surface area contributed by atoms with E-state index in [0.717, 1.165) is 25.9 Å². The molecule has 1 atom stereocenters. The zero-order valence-corrected chi connectivity index (χ0v) is 12.0. The highest BCUT2D eigenvalue weighted by Crippen LogP contribution is 2.16. The zero-order valence-electron chi connectivity index (χ0n) is 12.0. The number of carbonyl (C=O) groups is 1. The van der Waals surface area contributed by atoms with E-state index < -0.39 is 0 Å². The molecule has 0 aromatic rings. The minimum Gasteiger partial charge on any atom is -0.464 e. The molecule has 106 valence electrons. The average molecular weight is 257 g/mol. The number of rotatable bonds is 9. The van der Waals surface area contributed by atoms with Crippen LogP contribution in [0.3, 0.4) is 0 Å². The van der Waals surface area contributed by atoms with Gasteiger partial charge in [-0.25, -0.2) is 4.79 Å². The van der Waals surface area contributed by atoms with Gasteiger partial charge in [0, 0.05) is 13.1 Å². The van der Waals surface area contributed by atoms with Crippen LogP contribution >= 0.6 is 0 Å². The molecule has 1 heterocycles. The quantitative estimate of drug-likeness (QED) is 0.643. The highest BCUT2D eigenvalue weighted by molar-refractivity contribution is 5.70. The van der Waals surface area contributed by atoms with Crippen LogP contribution in [0, 0.1) is 5.92 Å². The van der Waals surface area contributed by atoms with E-state index in [4.69, 9.17) is 9.47 Å². The smallest absolute Gasteiger partial charge is 0.332 e. The van der Waals surface area contributed by atoms with Crippen molar-refractivity contribution in [2.45, 2.75) is 52.1 Å².